The minimum Gasteiger partial charge on any atom is -0.459 e. The van der Waals surface area contributed by atoms with Crippen LogP contribution in [0.1, 0.15) is 29.8 Å². The summed E-state index contributed by atoms with van der Waals surface area (Å²) >= 11 is 11.8. The van der Waals surface area contributed by atoms with Crippen molar-refractivity contribution >= 4 is 34.9 Å². The Morgan fingerprint density at radius 2 is 1.94 bits per heavy atom. The molecule has 0 saturated carbocycles. The molecule has 0 heterocycles. The number of rotatable bonds is 2. The number of anilines is 1. The Bertz CT molecular complexity index is 430. The van der Waals surface area contributed by atoms with E-state index in [0.717, 1.165) is 0 Å². The predicted octanol–water partition coefficient (Wildman–Crippen LogP) is 3.45. The van der Waals surface area contributed by atoms with Gasteiger partial charge in [-0.3, -0.25) is 0 Å². The molecule has 0 aliphatic rings. The SMILES string of the molecule is Cc1cc(C(=O)OC(C)C)c(N)c(Cl)c1Cl. The molecule has 5 heteroatoms. The van der Waals surface area contributed by atoms with Gasteiger partial charge in [-0.1, -0.05) is 23.2 Å². The molecule has 0 spiro atoms. The van der Waals surface area contributed by atoms with Crippen LogP contribution in [0.4, 0.5) is 5.69 Å². The maximum atomic E-state index is 11.7. The van der Waals surface area contributed by atoms with Crippen molar-refractivity contribution in [2.24, 2.45) is 0 Å². The number of hydrogen-bond donors (Lipinski definition) is 1. The summed E-state index contributed by atoms with van der Waals surface area (Å²) in [6.07, 6.45) is -0.207. The summed E-state index contributed by atoms with van der Waals surface area (Å²) in [7, 11) is 0. The highest BCUT2D eigenvalue weighted by atomic mass is 35.5. The van der Waals surface area contributed by atoms with Crippen molar-refractivity contribution in [3.63, 3.8) is 0 Å². The summed E-state index contributed by atoms with van der Waals surface area (Å²) in [5.41, 5.74) is 6.81. The second-order valence-electron chi connectivity index (χ2n) is 3.74. The monoisotopic (exact) mass is 261 g/mol. The van der Waals surface area contributed by atoms with Crippen LogP contribution in [-0.2, 0) is 4.74 Å². The molecule has 0 unspecified atom stereocenters. The first-order chi connectivity index (χ1) is 7.34. The topological polar surface area (TPSA) is 52.3 Å². The molecular formula is C11H13Cl2NO2. The van der Waals surface area contributed by atoms with Crippen molar-refractivity contribution in [3.8, 4) is 0 Å². The van der Waals surface area contributed by atoms with Gasteiger partial charge >= 0.3 is 5.97 Å². The first-order valence-electron chi connectivity index (χ1n) is 4.79. The molecule has 0 aliphatic carbocycles. The number of carbonyl (C=O) groups excluding carboxylic acids is 1. The third-order valence-corrected chi connectivity index (χ3v) is 2.97. The van der Waals surface area contributed by atoms with E-state index in [0.29, 0.717) is 10.6 Å². The summed E-state index contributed by atoms with van der Waals surface area (Å²) < 4.78 is 5.05. The first-order valence-corrected chi connectivity index (χ1v) is 5.55. The van der Waals surface area contributed by atoms with E-state index in [2.05, 4.69) is 0 Å². The Labute approximate surface area is 104 Å². The fourth-order valence-electron chi connectivity index (χ4n) is 1.21. The molecule has 88 valence electrons. The second kappa shape index (κ2) is 4.93. The molecule has 0 atom stereocenters. The Kier molecular flexibility index (Phi) is 4.05. The van der Waals surface area contributed by atoms with Crippen LogP contribution < -0.4 is 5.73 Å². The molecule has 0 fully saturated rings. The van der Waals surface area contributed by atoms with Crippen LogP contribution in [0, 0.1) is 6.92 Å². The minimum atomic E-state index is -0.492. The molecule has 1 rings (SSSR count). The highest BCUT2D eigenvalue weighted by Gasteiger charge is 2.18. The summed E-state index contributed by atoms with van der Waals surface area (Å²) in [5.74, 6) is -0.492. The van der Waals surface area contributed by atoms with Crippen LogP contribution in [0.25, 0.3) is 0 Å². The summed E-state index contributed by atoms with van der Waals surface area (Å²) in [6.45, 7) is 5.27. The van der Waals surface area contributed by atoms with E-state index >= 15 is 0 Å². The van der Waals surface area contributed by atoms with E-state index in [9.17, 15) is 4.79 Å². The van der Waals surface area contributed by atoms with E-state index in [-0.39, 0.29) is 22.4 Å². The van der Waals surface area contributed by atoms with Gasteiger partial charge in [0.25, 0.3) is 0 Å². The molecule has 0 saturated heterocycles. The van der Waals surface area contributed by atoms with Crippen LogP contribution in [0.2, 0.25) is 10.0 Å². The van der Waals surface area contributed by atoms with Crippen molar-refractivity contribution in [2.45, 2.75) is 26.9 Å². The highest BCUT2D eigenvalue weighted by molar-refractivity contribution is 6.44. The molecule has 0 aliphatic heterocycles. The number of nitrogens with two attached hydrogens (primary N) is 1. The number of aryl methyl sites for hydroxylation is 1. The van der Waals surface area contributed by atoms with Gasteiger partial charge in [-0.05, 0) is 32.4 Å². The van der Waals surface area contributed by atoms with Gasteiger partial charge in [0.1, 0.15) is 0 Å². The Morgan fingerprint density at radius 1 is 1.38 bits per heavy atom. The van der Waals surface area contributed by atoms with Gasteiger partial charge in [-0.2, -0.15) is 0 Å². The van der Waals surface area contributed by atoms with Crippen molar-refractivity contribution in [1.29, 1.82) is 0 Å². The lowest BCUT2D eigenvalue weighted by atomic mass is 10.1. The normalized spacial score (nSPS) is 10.6. The molecule has 16 heavy (non-hydrogen) atoms. The van der Waals surface area contributed by atoms with Crippen molar-refractivity contribution < 1.29 is 9.53 Å². The minimum absolute atomic E-state index is 0.155. The molecule has 1 aromatic carbocycles. The van der Waals surface area contributed by atoms with Crippen LogP contribution in [-0.4, -0.2) is 12.1 Å². The molecule has 0 radical (unpaired) electrons. The first kappa shape index (κ1) is 13.1. The van der Waals surface area contributed by atoms with Gasteiger partial charge < -0.3 is 10.5 Å². The summed E-state index contributed by atoms with van der Waals surface area (Å²) in [6, 6.07) is 1.58. The number of carbonyl (C=O) groups is 1. The van der Waals surface area contributed by atoms with Crippen molar-refractivity contribution in [2.75, 3.05) is 5.73 Å². The van der Waals surface area contributed by atoms with Gasteiger partial charge in [0.05, 0.1) is 27.4 Å². The van der Waals surface area contributed by atoms with Gasteiger partial charge in [0.15, 0.2) is 0 Å². The van der Waals surface area contributed by atoms with Crippen LogP contribution >= 0.6 is 23.2 Å². The molecular weight excluding hydrogens is 249 g/mol. The number of esters is 1. The Balaban J connectivity index is 3.20. The molecule has 2 N–H and O–H groups in total. The number of hydrogen-bond acceptors (Lipinski definition) is 3. The van der Waals surface area contributed by atoms with Crippen molar-refractivity contribution in [3.05, 3.63) is 27.2 Å². The van der Waals surface area contributed by atoms with E-state index in [1.807, 2.05) is 0 Å². The third kappa shape index (κ3) is 2.60. The van der Waals surface area contributed by atoms with Crippen LogP contribution in [0.5, 0.6) is 0 Å². The van der Waals surface area contributed by atoms with E-state index in [4.69, 9.17) is 33.7 Å². The average molecular weight is 262 g/mol. The van der Waals surface area contributed by atoms with E-state index in [1.54, 1.807) is 26.8 Å². The zero-order valence-corrected chi connectivity index (χ0v) is 10.8. The number of ether oxygens (including phenoxy) is 1. The lowest BCUT2D eigenvalue weighted by Crippen LogP contribution is -2.14. The predicted molar refractivity (Wildman–Crippen MR) is 66.2 cm³/mol. The maximum absolute atomic E-state index is 11.7. The third-order valence-electron chi connectivity index (χ3n) is 1.99. The largest absolute Gasteiger partial charge is 0.459 e. The molecule has 0 bridgehead atoms. The van der Waals surface area contributed by atoms with E-state index in [1.165, 1.54) is 0 Å². The Morgan fingerprint density at radius 3 is 2.44 bits per heavy atom. The van der Waals surface area contributed by atoms with Gasteiger partial charge in [0, 0.05) is 0 Å². The van der Waals surface area contributed by atoms with E-state index < -0.39 is 5.97 Å². The lowest BCUT2D eigenvalue weighted by molar-refractivity contribution is 0.0379. The summed E-state index contributed by atoms with van der Waals surface area (Å²) in [5, 5.41) is 0.553. The van der Waals surface area contributed by atoms with Crippen LogP contribution in [0.3, 0.4) is 0 Å². The second-order valence-corrected chi connectivity index (χ2v) is 4.49. The molecule has 3 nitrogen and oxygen atoms in total. The van der Waals surface area contributed by atoms with Gasteiger partial charge in [0.2, 0.25) is 0 Å². The van der Waals surface area contributed by atoms with Crippen LogP contribution in [0.15, 0.2) is 6.07 Å². The molecule has 0 amide bonds. The highest BCUT2D eigenvalue weighted by Crippen LogP contribution is 2.34. The summed E-state index contributed by atoms with van der Waals surface area (Å²) in [4.78, 5) is 11.7. The van der Waals surface area contributed by atoms with Crippen molar-refractivity contribution in [1.82, 2.24) is 0 Å². The standard InChI is InChI=1S/C11H13Cl2NO2/c1-5(2)16-11(15)7-4-6(3)8(12)9(13)10(7)14/h4-5H,14H2,1-3H3. The van der Waals surface area contributed by atoms with Gasteiger partial charge in [-0.15, -0.1) is 0 Å². The smallest absolute Gasteiger partial charge is 0.340 e. The quantitative estimate of drug-likeness (QED) is 0.656. The average Bonchev–Trinajstić information content (AvgIpc) is 2.19. The fourth-order valence-corrected chi connectivity index (χ4v) is 1.62. The number of benzene rings is 1. The fraction of sp³-hybridized carbons (Fsp3) is 0.364. The number of halogens is 2. The lowest BCUT2D eigenvalue weighted by Gasteiger charge is -2.12. The van der Waals surface area contributed by atoms with Gasteiger partial charge in [-0.25, -0.2) is 4.79 Å². The molecule has 1 aromatic rings. The molecule has 0 aromatic heterocycles. The zero-order chi connectivity index (χ0) is 12.5. The zero-order valence-electron chi connectivity index (χ0n) is 9.30. The maximum Gasteiger partial charge on any atom is 0.340 e. The Hall–Kier alpha value is -0.930. The number of nitrogen functional groups attached to an aromatic ring is 1.